The van der Waals surface area contributed by atoms with Gasteiger partial charge in [-0.2, -0.15) is 0 Å². The number of pyridine rings is 1. The molecule has 0 aliphatic rings. The number of hydrogen-bond donors (Lipinski definition) is 1. The number of ether oxygens (including phenoxy) is 1. The van der Waals surface area contributed by atoms with Crippen LogP contribution in [0, 0.1) is 0 Å². The summed E-state index contributed by atoms with van der Waals surface area (Å²) in [6.07, 6.45) is -3.57. The molecule has 0 aliphatic carbocycles. The van der Waals surface area contributed by atoms with Crippen LogP contribution in [0.4, 0.5) is 13.2 Å². The fraction of sp³-hybridized carbons (Fsp3) is 0.0909. The third-order valence-electron chi connectivity index (χ3n) is 2.17. The molecule has 0 saturated carbocycles. The van der Waals surface area contributed by atoms with E-state index in [-0.39, 0.29) is 11.1 Å². The fourth-order valence-corrected chi connectivity index (χ4v) is 1.52. The number of aromatic nitrogens is 1. The first-order chi connectivity index (χ1) is 8.37. The number of halogens is 3. The molecule has 0 atom stereocenters. The predicted molar refractivity (Wildman–Crippen MR) is 55.4 cm³/mol. The van der Waals surface area contributed by atoms with E-state index < -0.39 is 18.1 Å². The Balaban J connectivity index is 2.50. The van der Waals surface area contributed by atoms with Crippen LogP contribution >= 0.6 is 0 Å². The van der Waals surface area contributed by atoms with Crippen molar-refractivity contribution in [2.24, 2.45) is 0 Å². The summed E-state index contributed by atoms with van der Waals surface area (Å²) in [7, 11) is 0. The molecule has 0 bridgehead atoms. The molecule has 1 aromatic carbocycles. The van der Waals surface area contributed by atoms with Gasteiger partial charge in [0.2, 0.25) is 0 Å². The summed E-state index contributed by atoms with van der Waals surface area (Å²) in [6, 6.07) is 4.79. The van der Waals surface area contributed by atoms with Gasteiger partial charge < -0.3 is 9.84 Å². The van der Waals surface area contributed by atoms with Gasteiger partial charge in [-0.1, -0.05) is 0 Å². The van der Waals surface area contributed by atoms with E-state index >= 15 is 0 Å². The smallest absolute Gasteiger partial charge is 0.476 e. The lowest BCUT2D eigenvalue weighted by atomic mass is 10.1. The van der Waals surface area contributed by atoms with Gasteiger partial charge in [-0.15, -0.1) is 13.2 Å². The van der Waals surface area contributed by atoms with E-state index in [2.05, 4.69) is 9.72 Å². The average Bonchev–Trinajstić information content (AvgIpc) is 2.25. The van der Waals surface area contributed by atoms with Crippen molar-refractivity contribution in [1.29, 1.82) is 0 Å². The Morgan fingerprint density at radius 3 is 2.61 bits per heavy atom. The number of aromatic carboxylic acids is 1. The molecule has 0 aliphatic heterocycles. The van der Waals surface area contributed by atoms with Crippen LogP contribution in [0.1, 0.15) is 10.5 Å². The minimum Gasteiger partial charge on any atom is -0.476 e. The van der Waals surface area contributed by atoms with E-state index in [1.165, 1.54) is 18.3 Å². The number of alkyl halides is 3. The van der Waals surface area contributed by atoms with Crippen molar-refractivity contribution in [1.82, 2.24) is 4.98 Å². The van der Waals surface area contributed by atoms with Gasteiger partial charge in [0.25, 0.3) is 0 Å². The zero-order valence-electron chi connectivity index (χ0n) is 8.73. The van der Waals surface area contributed by atoms with E-state index in [0.29, 0.717) is 5.39 Å². The van der Waals surface area contributed by atoms with Gasteiger partial charge in [0.05, 0.1) is 0 Å². The number of rotatable bonds is 2. The zero-order valence-corrected chi connectivity index (χ0v) is 8.73. The molecule has 0 radical (unpaired) electrons. The summed E-state index contributed by atoms with van der Waals surface area (Å²) in [5.74, 6) is -1.65. The second-order valence-corrected chi connectivity index (χ2v) is 3.40. The molecule has 0 fully saturated rings. The van der Waals surface area contributed by atoms with E-state index in [0.717, 1.165) is 12.1 Å². The highest BCUT2D eigenvalue weighted by atomic mass is 19.4. The second kappa shape index (κ2) is 4.17. The van der Waals surface area contributed by atoms with Gasteiger partial charge >= 0.3 is 12.3 Å². The fourth-order valence-electron chi connectivity index (χ4n) is 1.52. The summed E-state index contributed by atoms with van der Waals surface area (Å²) < 4.78 is 39.8. The lowest BCUT2D eigenvalue weighted by Crippen LogP contribution is -2.17. The van der Waals surface area contributed by atoms with Gasteiger partial charge in [0.1, 0.15) is 5.75 Å². The van der Waals surface area contributed by atoms with Crippen LogP contribution in [0.25, 0.3) is 10.8 Å². The third-order valence-corrected chi connectivity index (χ3v) is 2.17. The Bertz CT molecular complexity index is 610. The van der Waals surface area contributed by atoms with Crippen LogP contribution in [0.3, 0.4) is 0 Å². The third kappa shape index (κ3) is 2.50. The van der Waals surface area contributed by atoms with E-state index in [1.54, 1.807) is 0 Å². The van der Waals surface area contributed by atoms with Crippen LogP contribution in [-0.2, 0) is 0 Å². The van der Waals surface area contributed by atoms with Gasteiger partial charge in [-0.25, -0.2) is 9.78 Å². The molecule has 4 nitrogen and oxygen atoms in total. The Kier molecular flexibility index (Phi) is 2.82. The monoisotopic (exact) mass is 257 g/mol. The van der Waals surface area contributed by atoms with Crippen molar-refractivity contribution < 1.29 is 27.8 Å². The maximum atomic E-state index is 12.0. The lowest BCUT2D eigenvalue weighted by molar-refractivity contribution is -0.274. The highest BCUT2D eigenvalue weighted by Gasteiger charge is 2.31. The Labute approximate surface area is 98.6 Å². The quantitative estimate of drug-likeness (QED) is 0.898. The number of benzene rings is 1. The molecule has 1 aromatic heterocycles. The van der Waals surface area contributed by atoms with Gasteiger partial charge in [0, 0.05) is 11.6 Å². The minimum absolute atomic E-state index is 0.217. The largest absolute Gasteiger partial charge is 0.573 e. The van der Waals surface area contributed by atoms with E-state index in [9.17, 15) is 18.0 Å². The Morgan fingerprint density at radius 1 is 1.28 bits per heavy atom. The van der Waals surface area contributed by atoms with E-state index in [1.807, 2.05) is 0 Å². The molecule has 1 heterocycles. The minimum atomic E-state index is -4.78. The highest BCUT2D eigenvalue weighted by Crippen LogP contribution is 2.27. The summed E-state index contributed by atoms with van der Waals surface area (Å²) >= 11 is 0. The number of nitrogens with zero attached hydrogens (tertiary/aromatic N) is 1. The van der Waals surface area contributed by atoms with Gasteiger partial charge in [-0.3, -0.25) is 0 Å². The molecule has 18 heavy (non-hydrogen) atoms. The molecular weight excluding hydrogens is 251 g/mol. The standard InChI is InChI=1S/C11H6F3NO3/c12-11(13,14)18-7-1-2-8-6(5-7)3-4-15-9(8)10(16)17/h1-5H,(H,16,17). The van der Waals surface area contributed by atoms with Gasteiger partial charge in [0.15, 0.2) is 5.69 Å². The number of carboxylic acid groups (broad SMARTS) is 1. The van der Waals surface area contributed by atoms with Crippen LogP contribution < -0.4 is 4.74 Å². The molecule has 2 rings (SSSR count). The SMILES string of the molecule is O=C(O)c1nccc2cc(OC(F)(F)F)ccc12. The first-order valence-electron chi connectivity index (χ1n) is 4.74. The molecule has 1 N–H and O–H groups in total. The van der Waals surface area contributed by atoms with Crippen molar-refractivity contribution in [3.8, 4) is 5.75 Å². The topological polar surface area (TPSA) is 59.4 Å². The molecule has 0 unspecified atom stereocenters. The van der Waals surface area contributed by atoms with Gasteiger partial charge in [-0.05, 0) is 29.7 Å². The molecule has 0 spiro atoms. The maximum Gasteiger partial charge on any atom is 0.573 e. The summed E-state index contributed by atoms with van der Waals surface area (Å²) in [5.41, 5.74) is -0.217. The average molecular weight is 257 g/mol. The summed E-state index contributed by atoms with van der Waals surface area (Å²) in [5, 5.41) is 9.42. The molecule has 2 aromatic rings. The molecular formula is C11H6F3NO3. The highest BCUT2D eigenvalue weighted by molar-refractivity contribution is 6.01. The van der Waals surface area contributed by atoms with Crippen LogP contribution in [0.2, 0.25) is 0 Å². The first-order valence-corrected chi connectivity index (χ1v) is 4.74. The predicted octanol–water partition coefficient (Wildman–Crippen LogP) is 2.83. The Morgan fingerprint density at radius 2 is 2.00 bits per heavy atom. The Hall–Kier alpha value is -2.31. The van der Waals surface area contributed by atoms with Crippen LogP contribution in [0.5, 0.6) is 5.75 Å². The molecule has 0 saturated heterocycles. The molecule has 94 valence electrons. The number of carboxylic acids is 1. The van der Waals surface area contributed by atoms with E-state index in [4.69, 9.17) is 5.11 Å². The van der Waals surface area contributed by atoms with Crippen molar-refractivity contribution >= 4 is 16.7 Å². The van der Waals surface area contributed by atoms with Crippen LogP contribution in [0.15, 0.2) is 30.5 Å². The number of fused-ring (bicyclic) bond motifs is 1. The normalized spacial score (nSPS) is 11.5. The number of hydrogen-bond acceptors (Lipinski definition) is 3. The summed E-state index contributed by atoms with van der Waals surface area (Å²) in [6.45, 7) is 0. The second-order valence-electron chi connectivity index (χ2n) is 3.40. The lowest BCUT2D eigenvalue weighted by Gasteiger charge is -2.09. The molecule has 0 amide bonds. The zero-order chi connectivity index (χ0) is 13.3. The first kappa shape index (κ1) is 12.2. The van der Waals surface area contributed by atoms with Crippen molar-refractivity contribution in [3.63, 3.8) is 0 Å². The van der Waals surface area contributed by atoms with Crippen molar-refractivity contribution in [2.75, 3.05) is 0 Å². The summed E-state index contributed by atoms with van der Waals surface area (Å²) in [4.78, 5) is 14.5. The van der Waals surface area contributed by atoms with Crippen molar-refractivity contribution in [2.45, 2.75) is 6.36 Å². The number of carbonyl (C=O) groups is 1. The molecule has 7 heteroatoms. The maximum absolute atomic E-state index is 12.0. The van der Waals surface area contributed by atoms with Crippen molar-refractivity contribution in [3.05, 3.63) is 36.2 Å². The van der Waals surface area contributed by atoms with Crippen LogP contribution in [-0.4, -0.2) is 22.4 Å².